The molecule has 1 unspecified atom stereocenters. The maximum Gasteiger partial charge on any atom is 0.0560 e. The largest absolute Gasteiger partial charge is 0.333 e. The molecule has 2 aliphatic carbocycles. The first-order chi connectivity index (χ1) is 31.4. The summed E-state index contributed by atoms with van der Waals surface area (Å²) >= 11 is 0. The Kier molecular flexibility index (Phi) is 10.1. The molecule has 1 heterocycles. The van der Waals surface area contributed by atoms with Crippen LogP contribution in [-0.2, 0) is 11.8 Å². The van der Waals surface area contributed by atoms with Crippen LogP contribution in [0.15, 0.2) is 218 Å². The van der Waals surface area contributed by atoms with E-state index in [1.165, 1.54) is 83.0 Å². The molecule has 0 fully saturated rings. The number of aromatic nitrogens is 1. The zero-order valence-corrected chi connectivity index (χ0v) is 36.7. The second-order valence-corrected chi connectivity index (χ2v) is 18.1. The Bertz CT molecular complexity index is 3230. The Labute approximate surface area is 377 Å². The van der Waals surface area contributed by atoms with Gasteiger partial charge in [0.1, 0.15) is 0 Å². The molecule has 0 amide bonds. The maximum atomic E-state index is 3.89. The monoisotopic (exact) mass is 824 g/mol. The normalized spacial score (nSPS) is 14.9. The fraction of sp³-hybridized carbons (Fsp3) is 0.129. The lowest BCUT2D eigenvalue weighted by Crippen LogP contribution is -2.16. The van der Waals surface area contributed by atoms with Crippen molar-refractivity contribution in [1.29, 1.82) is 0 Å². The van der Waals surface area contributed by atoms with Crippen LogP contribution < -0.4 is 4.90 Å². The molecule has 1 atom stereocenters. The van der Waals surface area contributed by atoms with E-state index in [0.29, 0.717) is 0 Å². The van der Waals surface area contributed by atoms with Crippen LogP contribution in [0.1, 0.15) is 61.4 Å². The average molecular weight is 825 g/mol. The Hall–Kier alpha value is -7.42. The second kappa shape index (κ2) is 16.4. The zero-order chi connectivity index (χ0) is 43.2. The molecule has 64 heavy (non-hydrogen) atoms. The predicted molar refractivity (Wildman–Crippen MR) is 273 cm³/mol. The SMILES string of the molecule is C=Cc1ccc(CCCC2=CCC(n3c4ccccc4c4cc(-c5ccc(N(c6ccc(-c7ccccc7)cc6)c6ccc7c(c6)C(C)(C)c6ccccc6-7)cc5)ccc43)C=C2)cc1. The van der Waals surface area contributed by atoms with Gasteiger partial charge in [-0.1, -0.05) is 184 Å². The topological polar surface area (TPSA) is 8.17 Å². The standard InChI is InChI=1S/C62H52N2/c1-4-43-21-23-44(24-22-43)13-12-14-45-25-32-52(33-26-45)64-60-20-11-9-18-56(60)57-41-49(31-40-61(57)64)48-29-36-51(37-30-48)63(50-34-27-47(28-35-50)46-15-6-5-7-16-46)53-38-39-55-54-17-8-10-19-58(54)62(2,3)59(55)42-53/h4-11,15-32,34-42,52H,1,12-14,33H2,2-3H3. The van der Waals surface area contributed by atoms with E-state index in [4.69, 9.17) is 0 Å². The van der Waals surface area contributed by atoms with Gasteiger partial charge in [0.05, 0.1) is 6.04 Å². The van der Waals surface area contributed by atoms with E-state index < -0.39 is 0 Å². The van der Waals surface area contributed by atoms with E-state index >= 15 is 0 Å². The summed E-state index contributed by atoms with van der Waals surface area (Å²) in [6.07, 6.45) is 13.5. The molecular formula is C62H52N2. The summed E-state index contributed by atoms with van der Waals surface area (Å²) in [5.41, 5.74) is 20.2. The molecule has 8 aromatic carbocycles. The lowest BCUT2D eigenvalue weighted by atomic mass is 9.82. The second-order valence-electron chi connectivity index (χ2n) is 18.1. The Morgan fingerprint density at radius 3 is 1.92 bits per heavy atom. The molecule has 2 heteroatoms. The van der Waals surface area contributed by atoms with Crippen molar-refractivity contribution in [3.8, 4) is 33.4 Å². The van der Waals surface area contributed by atoms with Crippen LogP contribution in [0, 0.1) is 0 Å². The highest BCUT2D eigenvalue weighted by atomic mass is 15.1. The van der Waals surface area contributed by atoms with Crippen LogP contribution in [0.4, 0.5) is 17.1 Å². The number of benzene rings is 8. The molecule has 0 N–H and O–H groups in total. The summed E-state index contributed by atoms with van der Waals surface area (Å²) in [4.78, 5) is 2.41. The molecule has 0 saturated carbocycles. The van der Waals surface area contributed by atoms with Crippen molar-refractivity contribution in [2.24, 2.45) is 0 Å². The number of allylic oxidation sites excluding steroid dienone is 4. The van der Waals surface area contributed by atoms with Crippen LogP contribution in [0.25, 0.3) is 61.3 Å². The fourth-order valence-corrected chi connectivity index (χ4v) is 10.4. The van der Waals surface area contributed by atoms with Crippen molar-refractivity contribution < 1.29 is 0 Å². The van der Waals surface area contributed by atoms with Gasteiger partial charge in [-0.05, 0) is 136 Å². The third-order valence-corrected chi connectivity index (χ3v) is 13.9. The summed E-state index contributed by atoms with van der Waals surface area (Å²) in [5, 5.41) is 2.60. The van der Waals surface area contributed by atoms with Gasteiger partial charge in [0.2, 0.25) is 0 Å². The third-order valence-electron chi connectivity index (χ3n) is 13.9. The van der Waals surface area contributed by atoms with E-state index in [2.05, 4.69) is 236 Å². The first-order valence-electron chi connectivity index (χ1n) is 22.8. The molecule has 2 aliphatic rings. The lowest BCUT2D eigenvalue weighted by molar-refractivity contribution is 0.639. The minimum atomic E-state index is -0.0943. The highest BCUT2D eigenvalue weighted by molar-refractivity contribution is 6.09. The van der Waals surface area contributed by atoms with Gasteiger partial charge in [0.25, 0.3) is 0 Å². The molecule has 0 radical (unpaired) electrons. The van der Waals surface area contributed by atoms with Crippen LogP contribution in [-0.4, -0.2) is 4.57 Å². The first-order valence-corrected chi connectivity index (χ1v) is 22.8. The molecular weight excluding hydrogens is 773 g/mol. The van der Waals surface area contributed by atoms with E-state index in [9.17, 15) is 0 Å². The van der Waals surface area contributed by atoms with Gasteiger partial charge in [0.15, 0.2) is 0 Å². The minimum Gasteiger partial charge on any atom is -0.333 e. The van der Waals surface area contributed by atoms with Gasteiger partial charge in [-0.2, -0.15) is 0 Å². The van der Waals surface area contributed by atoms with Crippen LogP contribution in [0.5, 0.6) is 0 Å². The van der Waals surface area contributed by atoms with Crippen molar-refractivity contribution in [2.75, 3.05) is 4.90 Å². The smallest absolute Gasteiger partial charge is 0.0560 e. The van der Waals surface area contributed by atoms with Crippen molar-refractivity contribution in [3.05, 3.63) is 241 Å². The van der Waals surface area contributed by atoms with Crippen molar-refractivity contribution in [3.63, 3.8) is 0 Å². The van der Waals surface area contributed by atoms with Gasteiger partial charge in [-0.3, -0.25) is 0 Å². The summed E-state index contributed by atoms with van der Waals surface area (Å²) in [6.45, 7) is 8.60. The molecule has 0 bridgehead atoms. The number of hydrogen-bond donors (Lipinski definition) is 0. The van der Waals surface area contributed by atoms with Gasteiger partial charge in [-0.15, -0.1) is 0 Å². The van der Waals surface area contributed by atoms with Gasteiger partial charge >= 0.3 is 0 Å². The molecule has 1 aromatic heterocycles. The molecule has 2 nitrogen and oxygen atoms in total. The van der Waals surface area contributed by atoms with Crippen molar-refractivity contribution >= 4 is 44.9 Å². The molecule has 0 spiro atoms. The number of hydrogen-bond acceptors (Lipinski definition) is 1. The first kappa shape index (κ1) is 39.4. The van der Waals surface area contributed by atoms with E-state index in [0.717, 1.165) is 42.7 Å². The average Bonchev–Trinajstić information content (AvgIpc) is 3.80. The van der Waals surface area contributed by atoms with Crippen LogP contribution in [0.2, 0.25) is 0 Å². The minimum absolute atomic E-state index is 0.0943. The molecule has 0 saturated heterocycles. The Morgan fingerprint density at radius 2 is 1.19 bits per heavy atom. The number of aryl methyl sites for hydroxylation is 1. The summed E-state index contributed by atoms with van der Waals surface area (Å²) < 4.78 is 2.56. The molecule has 310 valence electrons. The van der Waals surface area contributed by atoms with Gasteiger partial charge < -0.3 is 9.47 Å². The summed E-state index contributed by atoms with van der Waals surface area (Å²) in [6, 6.07) is 69.8. The predicted octanol–water partition coefficient (Wildman–Crippen LogP) is 17.0. The van der Waals surface area contributed by atoms with E-state index in [1.807, 2.05) is 6.08 Å². The number of para-hydroxylation sites is 1. The van der Waals surface area contributed by atoms with E-state index in [-0.39, 0.29) is 11.5 Å². The number of rotatable bonds is 11. The Balaban J connectivity index is 0.892. The molecule has 0 aliphatic heterocycles. The highest BCUT2D eigenvalue weighted by Crippen LogP contribution is 2.51. The van der Waals surface area contributed by atoms with Crippen LogP contribution >= 0.6 is 0 Å². The van der Waals surface area contributed by atoms with Gasteiger partial charge in [-0.25, -0.2) is 0 Å². The number of fused-ring (bicyclic) bond motifs is 6. The van der Waals surface area contributed by atoms with Gasteiger partial charge in [0, 0.05) is 44.3 Å². The molecule has 11 rings (SSSR count). The highest BCUT2D eigenvalue weighted by Gasteiger charge is 2.35. The third kappa shape index (κ3) is 7.10. The maximum absolute atomic E-state index is 3.89. The van der Waals surface area contributed by atoms with Crippen LogP contribution in [0.3, 0.4) is 0 Å². The summed E-state index contributed by atoms with van der Waals surface area (Å²) in [7, 11) is 0. The Morgan fingerprint density at radius 1 is 0.562 bits per heavy atom. The van der Waals surface area contributed by atoms with Crippen molar-refractivity contribution in [1.82, 2.24) is 4.57 Å². The van der Waals surface area contributed by atoms with E-state index in [1.54, 1.807) is 0 Å². The quantitative estimate of drug-likeness (QED) is 0.126. The number of nitrogens with zero attached hydrogens (tertiary/aromatic N) is 2. The fourth-order valence-electron chi connectivity index (χ4n) is 10.4. The number of anilines is 3. The molecule has 9 aromatic rings. The zero-order valence-electron chi connectivity index (χ0n) is 36.7. The summed E-state index contributed by atoms with van der Waals surface area (Å²) in [5.74, 6) is 0. The van der Waals surface area contributed by atoms with Crippen molar-refractivity contribution in [2.45, 2.75) is 51.0 Å². The lowest BCUT2D eigenvalue weighted by Gasteiger charge is -2.28.